The summed E-state index contributed by atoms with van der Waals surface area (Å²) in [5.74, 6) is 0.750. The average Bonchev–Trinajstić information content (AvgIpc) is 3.10. The molecule has 1 aliphatic rings. The van der Waals surface area contributed by atoms with E-state index in [-0.39, 0.29) is 11.8 Å². The van der Waals surface area contributed by atoms with Crippen molar-refractivity contribution in [3.63, 3.8) is 0 Å². The number of amides is 2. The monoisotopic (exact) mass is 345 g/mol. The number of hydrogen-bond acceptors (Lipinski definition) is 6. The SMILES string of the molecule is C=CC(=O)NCCC(=O)N1CCN(c2ncnc3ccsc23)CC1. The van der Waals surface area contributed by atoms with Crippen molar-refractivity contribution in [1.82, 2.24) is 20.2 Å². The average molecular weight is 345 g/mol. The third-order valence-electron chi connectivity index (χ3n) is 3.98. The Morgan fingerprint density at radius 2 is 2.08 bits per heavy atom. The van der Waals surface area contributed by atoms with Crippen molar-refractivity contribution >= 4 is 39.2 Å². The number of carbonyl (C=O) groups excluding carboxylic acids is 2. The quantitative estimate of drug-likeness (QED) is 0.819. The predicted molar refractivity (Wildman–Crippen MR) is 94.0 cm³/mol. The molecule has 2 aromatic rings. The highest BCUT2D eigenvalue weighted by Crippen LogP contribution is 2.28. The minimum atomic E-state index is -0.253. The molecule has 2 aromatic heterocycles. The zero-order valence-electron chi connectivity index (χ0n) is 13.3. The molecule has 0 radical (unpaired) electrons. The Kier molecular flexibility index (Phi) is 5.05. The second kappa shape index (κ2) is 7.39. The number of nitrogens with zero attached hydrogens (tertiary/aromatic N) is 4. The lowest BCUT2D eigenvalue weighted by atomic mass is 10.2. The first-order valence-corrected chi connectivity index (χ1v) is 8.68. The molecule has 126 valence electrons. The van der Waals surface area contributed by atoms with Gasteiger partial charge >= 0.3 is 0 Å². The Balaban J connectivity index is 1.54. The van der Waals surface area contributed by atoms with E-state index in [4.69, 9.17) is 0 Å². The highest BCUT2D eigenvalue weighted by Gasteiger charge is 2.23. The summed E-state index contributed by atoms with van der Waals surface area (Å²) in [5, 5.41) is 4.64. The maximum atomic E-state index is 12.2. The molecule has 0 atom stereocenters. The van der Waals surface area contributed by atoms with Gasteiger partial charge in [-0.15, -0.1) is 11.3 Å². The number of nitrogens with one attached hydrogen (secondary N) is 1. The van der Waals surface area contributed by atoms with Gasteiger partial charge in [0.05, 0.1) is 10.2 Å². The van der Waals surface area contributed by atoms with E-state index in [1.807, 2.05) is 16.3 Å². The molecule has 7 nitrogen and oxygen atoms in total. The fourth-order valence-corrected chi connectivity index (χ4v) is 3.55. The van der Waals surface area contributed by atoms with Crippen LogP contribution in [-0.4, -0.2) is 59.4 Å². The minimum absolute atomic E-state index is 0.0583. The van der Waals surface area contributed by atoms with Crippen LogP contribution in [0.1, 0.15) is 6.42 Å². The van der Waals surface area contributed by atoms with E-state index in [1.165, 1.54) is 6.08 Å². The number of anilines is 1. The van der Waals surface area contributed by atoms with E-state index in [1.54, 1.807) is 17.7 Å². The number of fused-ring (bicyclic) bond motifs is 1. The van der Waals surface area contributed by atoms with Crippen LogP contribution in [0.3, 0.4) is 0 Å². The summed E-state index contributed by atoms with van der Waals surface area (Å²) in [4.78, 5) is 36.0. The molecule has 8 heteroatoms. The van der Waals surface area contributed by atoms with Crippen molar-refractivity contribution in [3.05, 3.63) is 30.4 Å². The van der Waals surface area contributed by atoms with Gasteiger partial charge in [0.25, 0.3) is 0 Å². The number of rotatable bonds is 5. The first kappa shape index (κ1) is 16.4. The van der Waals surface area contributed by atoms with Crippen LogP contribution in [0.2, 0.25) is 0 Å². The van der Waals surface area contributed by atoms with Crippen LogP contribution in [0.4, 0.5) is 5.82 Å². The molecule has 0 aliphatic carbocycles. The lowest BCUT2D eigenvalue weighted by molar-refractivity contribution is -0.131. The van der Waals surface area contributed by atoms with Crippen LogP contribution in [-0.2, 0) is 9.59 Å². The highest BCUT2D eigenvalue weighted by molar-refractivity contribution is 7.17. The van der Waals surface area contributed by atoms with Crippen molar-refractivity contribution in [2.75, 3.05) is 37.6 Å². The zero-order valence-corrected chi connectivity index (χ0v) is 14.1. The standard InChI is InChI=1S/C16H19N5O2S/c1-2-13(22)17-5-3-14(23)20-6-8-21(9-7-20)16-15-12(4-10-24-15)18-11-19-16/h2,4,10-11H,1,3,5-9H2,(H,17,22). The van der Waals surface area contributed by atoms with Crippen LogP contribution < -0.4 is 10.2 Å². The molecule has 0 unspecified atom stereocenters. The Bertz CT molecular complexity index is 752. The molecule has 24 heavy (non-hydrogen) atoms. The van der Waals surface area contributed by atoms with Gasteiger partial charge in [-0.2, -0.15) is 0 Å². The lowest BCUT2D eigenvalue weighted by Crippen LogP contribution is -2.49. The number of piperazine rings is 1. The van der Waals surface area contributed by atoms with E-state index >= 15 is 0 Å². The first-order valence-electron chi connectivity index (χ1n) is 7.80. The van der Waals surface area contributed by atoms with Gasteiger partial charge in [-0.3, -0.25) is 9.59 Å². The van der Waals surface area contributed by atoms with Crippen LogP contribution in [0.5, 0.6) is 0 Å². The minimum Gasteiger partial charge on any atom is -0.352 e. The Morgan fingerprint density at radius 3 is 2.83 bits per heavy atom. The lowest BCUT2D eigenvalue weighted by Gasteiger charge is -2.35. The van der Waals surface area contributed by atoms with Crippen molar-refractivity contribution in [1.29, 1.82) is 0 Å². The molecular weight excluding hydrogens is 326 g/mol. The van der Waals surface area contributed by atoms with E-state index in [9.17, 15) is 9.59 Å². The molecule has 1 aliphatic heterocycles. The van der Waals surface area contributed by atoms with Crippen LogP contribution in [0.25, 0.3) is 10.2 Å². The van der Waals surface area contributed by atoms with Gasteiger partial charge in [0.1, 0.15) is 12.1 Å². The number of hydrogen-bond donors (Lipinski definition) is 1. The molecule has 3 rings (SSSR count). The van der Waals surface area contributed by atoms with Gasteiger partial charge < -0.3 is 15.1 Å². The van der Waals surface area contributed by atoms with Crippen molar-refractivity contribution in [2.45, 2.75) is 6.42 Å². The van der Waals surface area contributed by atoms with E-state index in [0.29, 0.717) is 26.1 Å². The summed E-state index contributed by atoms with van der Waals surface area (Å²) in [6.45, 7) is 6.52. The summed E-state index contributed by atoms with van der Waals surface area (Å²) in [5.41, 5.74) is 0.960. The normalized spacial score (nSPS) is 14.7. The van der Waals surface area contributed by atoms with Gasteiger partial charge in [-0.25, -0.2) is 9.97 Å². The number of carbonyl (C=O) groups is 2. The molecule has 1 saturated heterocycles. The zero-order chi connectivity index (χ0) is 16.9. The molecule has 0 bridgehead atoms. The van der Waals surface area contributed by atoms with E-state index in [2.05, 4.69) is 26.8 Å². The summed E-state index contributed by atoms with van der Waals surface area (Å²) < 4.78 is 1.09. The molecule has 0 saturated carbocycles. The summed E-state index contributed by atoms with van der Waals surface area (Å²) in [6, 6.07) is 1.99. The third kappa shape index (κ3) is 3.53. The molecule has 1 N–H and O–H groups in total. The number of aromatic nitrogens is 2. The second-order valence-corrected chi connectivity index (χ2v) is 6.36. The van der Waals surface area contributed by atoms with Crippen molar-refractivity contribution < 1.29 is 9.59 Å². The highest BCUT2D eigenvalue weighted by atomic mass is 32.1. The maximum absolute atomic E-state index is 12.2. The summed E-state index contributed by atoms with van der Waals surface area (Å²) in [6.07, 6.45) is 3.10. The van der Waals surface area contributed by atoms with Gasteiger partial charge in [-0.1, -0.05) is 6.58 Å². The summed E-state index contributed by atoms with van der Waals surface area (Å²) >= 11 is 1.64. The second-order valence-electron chi connectivity index (χ2n) is 5.45. The Hall–Kier alpha value is -2.48. The fourth-order valence-electron chi connectivity index (χ4n) is 2.69. The van der Waals surface area contributed by atoms with Crippen LogP contribution >= 0.6 is 11.3 Å². The molecule has 0 spiro atoms. The maximum Gasteiger partial charge on any atom is 0.243 e. The Labute approximate surface area is 144 Å². The van der Waals surface area contributed by atoms with Crippen LogP contribution in [0.15, 0.2) is 30.4 Å². The Morgan fingerprint density at radius 1 is 1.29 bits per heavy atom. The van der Waals surface area contributed by atoms with Gasteiger partial charge in [0.2, 0.25) is 11.8 Å². The van der Waals surface area contributed by atoms with Gasteiger partial charge in [0, 0.05) is 39.1 Å². The molecule has 1 fully saturated rings. The molecule has 3 heterocycles. The van der Waals surface area contributed by atoms with Gasteiger partial charge in [0.15, 0.2) is 0 Å². The molecular formula is C16H19N5O2S. The van der Waals surface area contributed by atoms with Gasteiger partial charge in [-0.05, 0) is 17.5 Å². The third-order valence-corrected chi connectivity index (χ3v) is 4.88. The van der Waals surface area contributed by atoms with E-state index in [0.717, 1.165) is 29.1 Å². The molecule has 2 amide bonds. The smallest absolute Gasteiger partial charge is 0.243 e. The number of thiophene rings is 1. The van der Waals surface area contributed by atoms with E-state index < -0.39 is 0 Å². The van der Waals surface area contributed by atoms with Crippen molar-refractivity contribution in [2.24, 2.45) is 0 Å². The molecule has 0 aromatic carbocycles. The van der Waals surface area contributed by atoms with Crippen molar-refractivity contribution in [3.8, 4) is 0 Å². The fraction of sp³-hybridized carbons (Fsp3) is 0.375. The first-order chi connectivity index (χ1) is 11.7. The van der Waals surface area contributed by atoms with Crippen LogP contribution in [0, 0.1) is 0 Å². The largest absolute Gasteiger partial charge is 0.352 e. The summed E-state index contributed by atoms with van der Waals surface area (Å²) in [7, 11) is 0. The topological polar surface area (TPSA) is 78.4 Å². The predicted octanol–water partition coefficient (Wildman–Crippen LogP) is 1.03.